The topological polar surface area (TPSA) is 104 Å². The zero-order valence-electron chi connectivity index (χ0n) is 15.5. The molecular weight excluding hydrogens is 364 g/mol. The van der Waals surface area contributed by atoms with Crippen LogP contribution in [-0.2, 0) is 0 Å². The Labute approximate surface area is 167 Å². The lowest BCUT2D eigenvalue weighted by Gasteiger charge is -2.11. The molecule has 0 bridgehead atoms. The Hall–Kier alpha value is -4.31. The van der Waals surface area contributed by atoms with Crippen LogP contribution in [0.3, 0.4) is 0 Å². The van der Waals surface area contributed by atoms with E-state index in [1.165, 1.54) is 0 Å². The lowest BCUT2D eigenvalue weighted by molar-refractivity contribution is 0.102. The average Bonchev–Trinajstić information content (AvgIpc) is 2.74. The van der Waals surface area contributed by atoms with E-state index in [0.29, 0.717) is 22.9 Å². The van der Waals surface area contributed by atoms with Gasteiger partial charge in [0.2, 0.25) is 0 Å². The molecule has 2 N–H and O–H groups in total. The van der Waals surface area contributed by atoms with E-state index in [1.54, 1.807) is 43.5 Å². The number of aryl methyl sites for hydroxylation is 1. The van der Waals surface area contributed by atoms with Crippen molar-refractivity contribution in [1.29, 1.82) is 5.26 Å². The zero-order chi connectivity index (χ0) is 20.2. The first-order chi connectivity index (χ1) is 14.1. The molecule has 29 heavy (non-hydrogen) atoms. The van der Waals surface area contributed by atoms with Gasteiger partial charge in [-0.25, -0.2) is 9.97 Å². The number of rotatable bonds is 4. The monoisotopic (exact) mass is 380 g/mol. The van der Waals surface area contributed by atoms with Gasteiger partial charge in [0.25, 0.3) is 5.91 Å². The van der Waals surface area contributed by atoms with Crippen molar-refractivity contribution in [3.8, 4) is 6.07 Å². The molecule has 4 rings (SSSR count). The van der Waals surface area contributed by atoms with Crippen LogP contribution < -0.4 is 10.6 Å². The molecule has 2 aromatic heterocycles. The smallest absolute Gasteiger partial charge is 0.274 e. The van der Waals surface area contributed by atoms with Crippen molar-refractivity contribution in [1.82, 2.24) is 15.0 Å². The number of para-hydroxylation sites is 1. The van der Waals surface area contributed by atoms with Crippen molar-refractivity contribution in [3.63, 3.8) is 0 Å². The Morgan fingerprint density at radius 2 is 1.83 bits per heavy atom. The lowest BCUT2D eigenvalue weighted by Crippen LogP contribution is -2.15. The second-order valence-corrected chi connectivity index (χ2v) is 6.33. The molecule has 7 nitrogen and oxygen atoms in total. The van der Waals surface area contributed by atoms with Crippen LogP contribution in [-0.4, -0.2) is 20.9 Å². The van der Waals surface area contributed by atoms with Gasteiger partial charge in [-0.15, -0.1) is 0 Å². The van der Waals surface area contributed by atoms with Crippen LogP contribution in [0.15, 0.2) is 66.9 Å². The molecule has 0 aliphatic rings. The number of hydrogen-bond donors (Lipinski definition) is 2. The van der Waals surface area contributed by atoms with E-state index in [-0.39, 0.29) is 11.6 Å². The maximum Gasteiger partial charge on any atom is 0.274 e. The number of benzene rings is 2. The first-order valence-corrected chi connectivity index (χ1v) is 8.90. The highest BCUT2D eigenvalue weighted by molar-refractivity contribution is 6.03. The van der Waals surface area contributed by atoms with E-state index in [0.717, 1.165) is 16.6 Å². The number of carbonyl (C=O) groups excluding carboxylic acids is 1. The standard InChI is InChI=1S/C22H16N6O/c1-14-25-19(22(29)27-17-9-7-15(13-23)8-10-17)12-20(26-14)28-18-6-2-4-16-5-3-11-24-21(16)18/h2-12H,1H3,(H,27,29)(H,25,26,28). The number of pyridine rings is 1. The number of anilines is 3. The molecule has 0 aliphatic carbocycles. The van der Waals surface area contributed by atoms with Gasteiger partial charge >= 0.3 is 0 Å². The van der Waals surface area contributed by atoms with Gasteiger partial charge in [0.1, 0.15) is 17.3 Å². The van der Waals surface area contributed by atoms with Crippen LogP contribution >= 0.6 is 0 Å². The molecule has 0 atom stereocenters. The average molecular weight is 380 g/mol. The van der Waals surface area contributed by atoms with Crippen LogP contribution in [0, 0.1) is 18.3 Å². The van der Waals surface area contributed by atoms with E-state index in [9.17, 15) is 4.79 Å². The maximum absolute atomic E-state index is 12.6. The summed E-state index contributed by atoms with van der Waals surface area (Å²) >= 11 is 0. The number of hydrogen-bond acceptors (Lipinski definition) is 6. The van der Waals surface area contributed by atoms with Crippen molar-refractivity contribution >= 4 is 34.0 Å². The summed E-state index contributed by atoms with van der Waals surface area (Å²) in [7, 11) is 0. The van der Waals surface area contributed by atoms with Crippen LogP contribution in [0.25, 0.3) is 10.9 Å². The van der Waals surface area contributed by atoms with E-state index < -0.39 is 0 Å². The van der Waals surface area contributed by atoms with Gasteiger partial charge < -0.3 is 10.6 Å². The molecule has 1 amide bonds. The highest BCUT2D eigenvalue weighted by Crippen LogP contribution is 2.24. The predicted octanol–water partition coefficient (Wildman–Crippen LogP) is 4.20. The second-order valence-electron chi connectivity index (χ2n) is 6.33. The summed E-state index contributed by atoms with van der Waals surface area (Å²) in [5, 5.41) is 15.9. The predicted molar refractivity (Wildman–Crippen MR) is 111 cm³/mol. The SMILES string of the molecule is Cc1nc(Nc2cccc3cccnc23)cc(C(=O)Nc2ccc(C#N)cc2)n1. The molecule has 0 saturated carbocycles. The first-order valence-electron chi connectivity index (χ1n) is 8.90. The van der Waals surface area contributed by atoms with Crippen molar-refractivity contribution < 1.29 is 4.79 Å². The third kappa shape index (κ3) is 4.01. The van der Waals surface area contributed by atoms with Crippen LogP contribution in [0.4, 0.5) is 17.2 Å². The molecular formula is C22H16N6O. The summed E-state index contributed by atoms with van der Waals surface area (Å²) in [6.45, 7) is 1.73. The van der Waals surface area contributed by atoms with Gasteiger partial charge in [0.05, 0.1) is 22.8 Å². The summed E-state index contributed by atoms with van der Waals surface area (Å²) < 4.78 is 0. The molecule has 0 radical (unpaired) electrons. The molecule has 2 heterocycles. The van der Waals surface area contributed by atoms with Gasteiger partial charge in [-0.1, -0.05) is 18.2 Å². The molecule has 0 aliphatic heterocycles. The zero-order valence-corrected chi connectivity index (χ0v) is 15.5. The fourth-order valence-corrected chi connectivity index (χ4v) is 2.91. The minimum Gasteiger partial charge on any atom is -0.338 e. The Bertz CT molecular complexity index is 1240. The highest BCUT2D eigenvalue weighted by Gasteiger charge is 2.12. The normalized spacial score (nSPS) is 10.3. The lowest BCUT2D eigenvalue weighted by atomic mass is 10.2. The molecule has 2 aromatic carbocycles. The molecule has 4 aromatic rings. The summed E-state index contributed by atoms with van der Waals surface area (Å²) in [6, 6.07) is 19.9. The quantitative estimate of drug-likeness (QED) is 0.550. The summed E-state index contributed by atoms with van der Waals surface area (Å²) in [5.41, 5.74) is 2.95. The van der Waals surface area contributed by atoms with Gasteiger partial charge in [0, 0.05) is 23.3 Å². The van der Waals surface area contributed by atoms with Crippen molar-refractivity contribution in [2.75, 3.05) is 10.6 Å². The minimum absolute atomic E-state index is 0.234. The summed E-state index contributed by atoms with van der Waals surface area (Å²) in [6.07, 6.45) is 1.73. The van der Waals surface area contributed by atoms with Crippen LogP contribution in [0.2, 0.25) is 0 Å². The number of carbonyl (C=O) groups is 1. The highest BCUT2D eigenvalue weighted by atomic mass is 16.1. The van der Waals surface area contributed by atoms with Crippen molar-refractivity contribution in [3.05, 3.63) is 83.9 Å². The minimum atomic E-state index is -0.362. The van der Waals surface area contributed by atoms with Crippen LogP contribution in [0.1, 0.15) is 21.9 Å². The fraction of sp³-hybridized carbons (Fsp3) is 0.0455. The molecule has 0 saturated heterocycles. The first kappa shape index (κ1) is 18.1. The van der Waals surface area contributed by atoms with Gasteiger partial charge in [-0.3, -0.25) is 9.78 Å². The van der Waals surface area contributed by atoms with Gasteiger partial charge in [0.15, 0.2) is 0 Å². The number of fused-ring (bicyclic) bond motifs is 1. The van der Waals surface area contributed by atoms with E-state index in [4.69, 9.17) is 5.26 Å². The number of amides is 1. The van der Waals surface area contributed by atoms with Gasteiger partial charge in [-0.05, 0) is 43.3 Å². The molecule has 0 spiro atoms. The van der Waals surface area contributed by atoms with Crippen molar-refractivity contribution in [2.45, 2.75) is 6.92 Å². The fourth-order valence-electron chi connectivity index (χ4n) is 2.91. The van der Waals surface area contributed by atoms with E-state index >= 15 is 0 Å². The Balaban J connectivity index is 1.60. The third-order valence-corrected chi connectivity index (χ3v) is 4.24. The number of nitrogens with zero attached hydrogens (tertiary/aromatic N) is 4. The molecule has 0 fully saturated rings. The Morgan fingerprint density at radius 3 is 2.62 bits per heavy atom. The number of aromatic nitrogens is 3. The third-order valence-electron chi connectivity index (χ3n) is 4.24. The maximum atomic E-state index is 12.6. The summed E-state index contributed by atoms with van der Waals surface area (Å²) in [4.78, 5) is 25.7. The van der Waals surface area contributed by atoms with E-state index in [2.05, 4.69) is 25.6 Å². The molecule has 0 unspecified atom stereocenters. The van der Waals surface area contributed by atoms with E-state index in [1.807, 2.05) is 36.4 Å². The number of nitriles is 1. The summed E-state index contributed by atoms with van der Waals surface area (Å²) in [5.74, 6) is 0.605. The molecule has 7 heteroatoms. The van der Waals surface area contributed by atoms with Gasteiger partial charge in [-0.2, -0.15) is 5.26 Å². The molecule has 140 valence electrons. The largest absolute Gasteiger partial charge is 0.338 e. The Morgan fingerprint density at radius 1 is 1.03 bits per heavy atom. The second kappa shape index (κ2) is 7.74. The van der Waals surface area contributed by atoms with Crippen molar-refractivity contribution in [2.24, 2.45) is 0 Å². The number of nitrogens with one attached hydrogen (secondary N) is 2. The van der Waals surface area contributed by atoms with Crippen LogP contribution in [0.5, 0.6) is 0 Å². The Kier molecular flexibility index (Phi) is 4.82.